The zero-order valence-electron chi connectivity index (χ0n) is 25.0. The number of nitriles is 1. The number of carbonyl (C=O) groups is 1. The smallest absolute Gasteiger partial charge is 0.270 e. The van der Waals surface area contributed by atoms with Crippen molar-refractivity contribution in [1.82, 2.24) is 34.7 Å². The van der Waals surface area contributed by atoms with Gasteiger partial charge in [-0.2, -0.15) is 5.26 Å². The summed E-state index contributed by atoms with van der Waals surface area (Å²) in [4.78, 5) is 33.5. The van der Waals surface area contributed by atoms with E-state index in [1.165, 1.54) is 11.8 Å². The number of hydrogen-bond donors (Lipinski definition) is 2. The number of nitrogens with two attached hydrogens (primary N) is 1. The van der Waals surface area contributed by atoms with Crippen molar-refractivity contribution in [3.63, 3.8) is 0 Å². The van der Waals surface area contributed by atoms with Crippen molar-refractivity contribution in [2.45, 2.75) is 25.4 Å². The van der Waals surface area contributed by atoms with Crippen LogP contribution < -0.4 is 11.1 Å². The Morgan fingerprint density at radius 3 is 2.43 bits per heavy atom. The SMILES string of the molecule is N#Cc1ccc(C(=O)NC2CCN(Cc3ccc(-n4c(-c5cccnc5N)nc5ccc(-c6ccccc6)nc54)cc3)CC2)nc1. The Labute approximate surface area is 266 Å². The molecule has 0 aliphatic carbocycles. The third-order valence-electron chi connectivity index (χ3n) is 8.30. The summed E-state index contributed by atoms with van der Waals surface area (Å²) in [5.41, 5.74) is 13.4. The lowest BCUT2D eigenvalue weighted by atomic mass is 10.0. The molecule has 0 saturated carbocycles. The highest BCUT2D eigenvalue weighted by atomic mass is 16.1. The summed E-state index contributed by atoms with van der Waals surface area (Å²) in [5.74, 6) is 0.890. The molecule has 1 saturated heterocycles. The van der Waals surface area contributed by atoms with E-state index in [2.05, 4.69) is 49.0 Å². The van der Waals surface area contributed by atoms with Gasteiger partial charge in [-0.25, -0.2) is 19.9 Å². The van der Waals surface area contributed by atoms with Crippen molar-refractivity contribution in [2.24, 2.45) is 0 Å². The molecule has 10 nitrogen and oxygen atoms in total. The first-order chi connectivity index (χ1) is 22.6. The summed E-state index contributed by atoms with van der Waals surface area (Å²) < 4.78 is 2.05. The van der Waals surface area contributed by atoms with Crippen LogP contribution in [0.15, 0.2) is 103 Å². The van der Waals surface area contributed by atoms with E-state index >= 15 is 0 Å². The van der Waals surface area contributed by atoms with Crippen molar-refractivity contribution >= 4 is 22.9 Å². The molecule has 7 rings (SSSR count). The van der Waals surface area contributed by atoms with E-state index in [0.29, 0.717) is 22.9 Å². The monoisotopic (exact) mass is 605 g/mol. The minimum Gasteiger partial charge on any atom is -0.383 e. The van der Waals surface area contributed by atoms with Gasteiger partial charge in [0.2, 0.25) is 0 Å². The van der Waals surface area contributed by atoms with E-state index < -0.39 is 0 Å². The number of likely N-dealkylation sites (tertiary alicyclic amines) is 1. The molecule has 10 heteroatoms. The quantitative estimate of drug-likeness (QED) is 0.247. The van der Waals surface area contributed by atoms with Gasteiger partial charge in [0, 0.05) is 49.3 Å². The van der Waals surface area contributed by atoms with Gasteiger partial charge < -0.3 is 11.1 Å². The highest BCUT2D eigenvalue weighted by Crippen LogP contribution is 2.32. The van der Waals surface area contributed by atoms with Gasteiger partial charge in [-0.3, -0.25) is 14.3 Å². The lowest BCUT2D eigenvalue weighted by molar-refractivity contribution is 0.0904. The number of fused-ring (bicyclic) bond motifs is 1. The Morgan fingerprint density at radius 2 is 1.72 bits per heavy atom. The van der Waals surface area contributed by atoms with Crippen LogP contribution in [0, 0.1) is 11.3 Å². The summed E-state index contributed by atoms with van der Waals surface area (Å²) in [6, 6.07) is 31.7. The van der Waals surface area contributed by atoms with E-state index in [4.69, 9.17) is 21.0 Å². The highest BCUT2D eigenvalue weighted by molar-refractivity contribution is 5.92. The fraction of sp³-hybridized carbons (Fsp3) is 0.167. The van der Waals surface area contributed by atoms with Crippen LogP contribution >= 0.6 is 0 Å². The second kappa shape index (κ2) is 12.6. The van der Waals surface area contributed by atoms with Gasteiger partial charge in [-0.05, 0) is 66.9 Å². The Kier molecular flexibility index (Phi) is 7.89. The molecule has 0 atom stereocenters. The predicted molar refractivity (Wildman–Crippen MR) is 177 cm³/mol. The molecule has 5 heterocycles. The van der Waals surface area contributed by atoms with Crippen LogP contribution in [0.5, 0.6) is 0 Å². The maximum Gasteiger partial charge on any atom is 0.270 e. The average Bonchev–Trinajstić information content (AvgIpc) is 3.48. The summed E-state index contributed by atoms with van der Waals surface area (Å²) in [6.07, 6.45) is 4.81. The van der Waals surface area contributed by atoms with Crippen LogP contribution in [0.4, 0.5) is 5.82 Å². The second-order valence-electron chi connectivity index (χ2n) is 11.3. The maximum atomic E-state index is 12.6. The van der Waals surface area contributed by atoms with Crippen LogP contribution in [0.3, 0.4) is 0 Å². The van der Waals surface area contributed by atoms with E-state index in [1.807, 2.05) is 60.7 Å². The molecule has 1 aliphatic heterocycles. The largest absolute Gasteiger partial charge is 0.383 e. The lowest BCUT2D eigenvalue weighted by Gasteiger charge is -2.32. The number of nitrogen functional groups attached to an aromatic ring is 1. The van der Waals surface area contributed by atoms with Crippen molar-refractivity contribution < 1.29 is 4.79 Å². The van der Waals surface area contributed by atoms with E-state index in [-0.39, 0.29) is 11.9 Å². The van der Waals surface area contributed by atoms with Crippen LogP contribution in [0.1, 0.15) is 34.5 Å². The molecule has 46 heavy (non-hydrogen) atoms. The van der Waals surface area contributed by atoms with Crippen LogP contribution in [0.2, 0.25) is 0 Å². The molecule has 226 valence electrons. The number of pyridine rings is 3. The first-order valence-electron chi connectivity index (χ1n) is 15.2. The van der Waals surface area contributed by atoms with Crippen LogP contribution in [-0.4, -0.2) is 54.4 Å². The molecule has 0 unspecified atom stereocenters. The van der Waals surface area contributed by atoms with Gasteiger partial charge in [-0.1, -0.05) is 42.5 Å². The van der Waals surface area contributed by atoms with Gasteiger partial charge in [0.05, 0.1) is 16.8 Å². The molecule has 0 bridgehead atoms. The number of hydrogen-bond acceptors (Lipinski definition) is 8. The molecule has 6 aromatic rings. The van der Waals surface area contributed by atoms with E-state index in [9.17, 15) is 4.79 Å². The number of benzene rings is 2. The van der Waals surface area contributed by atoms with Crippen LogP contribution in [0.25, 0.3) is 39.5 Å². The topological polar surface area (TPSA) is 139 Å². The third-order valence-corrected chi connectivity index (χ3v) is 8.30. The molecule has 1 amide bonds. The van der Waals surface area contributed by atoms with Gasteiger partial charge in [0.1, 0.15) is 23.1 Å². The van der Waals surface area contributed by atoms with Gasteiger partial charge in [0.15, 0.2) is 11.5 Å². The molecular formula is C36H31N9O. The minimum atomic E-state index is -0.205. The lowest BCUT2D eigenvalue weighted by Crippen LogP contribution is -2.44. The molecule has 2 aromatic carbocycles. The Bertz CT molecular complexity index is 2040. The average molecular weight is 606 g/mol. The third kappa shape index (κ3) is 5.92. The number of rotatable bonds is 7. The second-order valence-corrected chi connectivity index (χ2v) is 11.3. The summed E-state index contributed by atoms with van der Waals surface area (Å²) in [6.45, 7) is 2.55. The number of nitrogens with zero attached hydrogens (tertiary/aromatic N) is 7. The normalized spacial score (nSPS) is 13.8. The maximum absolute atomic E-state index is 12.6. The van der Waals surface area contributed by atoms with E-state index in [0.717, 1.165) is 66.1 Å². The Balaban J connectivity index is 1.09. The van der Waals surface area contributed by atoms with Gasteiger partial charge in [-0.15, -0.1) is 0 Å². The van der Waals surface area contributed by atoms with Gasteiger partial charge >= 0.3 is 0 Å². The number of carbonyl (C=O) groups excluding carboxylic acids is 1. The molecule has 3 N–H and O–H groups in total. The number of imidazole rings is 1. The first-order valence-corrected chi connectivity index (χ1v) is 15.2. The van der Waals surface area contributed by atoms with Crippen molar-refractivity contribution in [2.75, 3.05) is 18.8 Å². The molecule has 4 aromatic heterocycles. The summed E-state index contributed by atoms with van der Waals surface area (Å²) in [5, 5.41) is 12.0. The van der Waals surface area contributed by atoms with Crippen LogP contribution in [-0.2, 0) is 6.54 Å². The zero-order valence-corrected chi connectivity index (χ0v) is 25.0. The first kappa shape index (κ1) is 28.8. The van der Waals surface area contributed by atoms with Crippen molar-refractivity contribution in [3.8, 4) is 34.4 Å². The molecule has 0 spiro atoms. The number of aromatic nitrogens is 5. The zero-order chi connectivity index (χ0) is 31.5. The predicted octanol–water partition coefficient (Wildman–Crippen LogP) is 5.39. The highest BCUT2D eigenvalue weighted by Gasteiger charge is 2.22. The van der Waals surface area contributed by atoms with E-state index in [1.54, 1.807) is 18.3 Å². The molecule has 0 radical (unpaired) electrons. The number of amides is 1. The minimum absolute atomic E-state index is 0.0877. The fourth-order valence-corrected chi connectivity index (χ4v) is 5.86. The number of nitrogens with one attached hydrogen (secondary N) is 1. The Morgan fingerprint density at radius 1 is 0.913 bits per heavy atom. The number of piperidine rings is 1. The molecule has 1 fully saturated rings. The van der Waals surface area contributed by atoms with Crippen molar-refractivity contribution in [1.29, 1.82) is 5.26 Å². The van der Waals surface area contributed by atoms with Gasteiger partial charge in [0.25, 0.3) is 5.91 Å². The summed E-state index contributed by atoms with van der Waals surface area (Å²) in [7, 11) is 0. The molecular weight excluding hydrogens is 574 g/mol. The molecule has 1 aliphatic rings. The standard InChI is InChI=1S/C36H31N9O/c37-21-25-10-13-32(40-22-25)36(46)41-27-16-19-44(20-17-27)23-24-8-11-28(12-9-24)45-34(29-7-4-18-39-33(29)38)43-31-15-14-30(42-35(31)45)26-5-2-1-3-6-26/h1-15,18,22,27H,16-17,19-20,23H2,(H2,38,39)(H,41,46). The van der Waals surface area contributed by atoms with Crippen molar-refractivity contribution in [3.05, 3.63) is 120 Å². The fourth-order valence-electron chi connectivity index (χ4n) is 5.86. The summed E-state index contributed by atoms with van der Waals surface area (Å²) >= 11 is 0. The Hall–Kier alpha value is -5.92. The number of anilines is 1.